The number of Topliss-reactive ketones (excluding diaryl/α,β-unsaturated/α-hetero) is 1. The lowest BCUT2D eigenvalue weighted by atomic mass is 10.1. The highest BCUT2D eigenvalue weighted by atomic mass is 35.5. The molecule has 1 N–H and O–H groups in total. The van der Waals surface area contributed by atoms with Crippen LogP contribution in [0.4, 0.5) is 8.78 Å². The SMILES string of the molecule is CC(NC(=O)c1ccnc(CC(=O)C2CC2)c1)c1ccc(OCC(F)F)cc1Cl. The van der Waals surface area contributed by atoms with Crippen LogP contribution in [0, 0.1) is 5.92 Å². The minimum Gasteiger partial charge on any atom is -0.488 e. The Labute approximate surface area is 172 Å². The maximum atomic E-state index is 12.6. The summed E-state index contributed by atoms with van der Waals surface area (Å²) in [6.07, 6.45) is 1.04. The van der Waals surface area contributed by atoms with Crippen LogP contribution in [0.1, 0.15) is 47.4 Å². The van der Waals surface area contributed by atoms with Gasteiger partial charge in [-0.3, -0.25) is 14.6 Å². The largest absolute Gasteiger partial charge is 0.488 e. The predicted octanol–water partition coefficient (Wildman–Crippen LogP) is 4.39. The summed E-state index contributed by atoms with van der Waals surface area (Å²) < 4.78 is 29.4. The molecule has 1 unspecified atom stereocenters. The summed E-state index contributed by atoms with van der Waals surface area (Å²) in [6, 6.07) is 7.36. The van der Waals surface area contributed by atoms with Crippen LogP contribution in [-0.2, 0) is 11.2 Å². The van der Waals surface area contributed by atoms with Gasteiger partial charge in [0.1, 0.15) is 18.1 Å². The smallest absolute Gasteiger partial charge is 0.272 e. The van der Waals surface area contributed by atoms with Crippen molar-refractivity contribution in [3.8, 4) is 5.75 Å². The summed E-state index contributed by atoms with van der Waals surface area (Å²) in [6.45, 7) is 1.05. The Morgan fingerprint density at radius 1 is 1.28 bits per heavy atom. The lowest BCUT2D eigenvalue weighted by Crippen LogP contribution is -2.27. The van der Waals surface area contributed by atoms with Gasteiger partial charge in [0.15, 0.2) is 0 Å². The van der Waals surface area contributed by atoms with Gasteiger partial charge >= 0.3 is 0 Å². The third-order valence-corrected chi connectivity index (χ3v) is 4.96. The number of carbonyl (C=O) groups excluding carboxylic acids is 2. The molecular weight excluding hydrogens is 402 g/mol. The molecule has 1 heterocycles. The number of ether oxygens (including phenoxy) is 1. The lowest BCUT2D eigenvalue weighted by Gasteiger charge is -2.17. The lowest BCUT2D eigenvalue weighted by molar-refractivity contribution is -0.119. The van der Waals surface area contributed by atoms with Crippen molar-refractivity contribution in [2.75, 3.05) is 6.61 Å². The quantitative estimate of drug-likeness (QED) is 0.650. The third-order valence-electron chi connectivity index (χ3n) is 4.63. The van der Waals surface area contributed by atoms with E-state index in [1.807, 2.05) is 0 Å². The van der Waals surface area contributed by atoms with Crippen LogP contribution in [0.15, 0.2) is 36.5 Å². The summed E-state index contributed by atoms with van der Waals surface area (Å²) in [5.74, 6) is 0.208. The molecule has 3 rings (SSSR count). The molecule has 0 bridgehead atoms. The number of benzene rings is 1. The number of hydrogen-bond acceptors (Lipinski definition) is 4. The van der Waals surface area contributed by atoms with Gasteiger partial charge < -0.3 is 10.1 Å². The van der Waals surface area contributed by atoms with E-state index >= 15 is 0 Å². The molecule has 0 radical (unpaired) electrons. The van der Waals surface area contributed by atoms with Gasteiger partial charge in [-0.2, -0.15) is 0 Å². The maximum absolute atomic E-state index is 12.6. The molecule has 2 aromatic rings. The van der Waals surface area contributed by atoms with Crippen molar-refractivity contribution in [2.24, 2.45) is 5.92 Å². The van der Waals surface area contributed by atoms with Crippen molar-refractivity contribution in [1.29, 1.82) is 0 Å². The van der Waals surface area contributed by atoms with Crippen molar-refractivity contribution in [3.63, 3.8) is 0 Å². The van der Waals surface area contributed by atoms with Crippen LogP contribution in [0.5, 0.6) is 5.75 Å². The van der Waals surface area contributed by atoms with E-state index in [2.05, 4.69) is 10.3 Å². The second kappa shape index (κ2) is 9.31. The number of amides is 1. The number of rotatable bonds is 9. The maximum Gasteiger partial charge on any atom is 0.272 e. The number of ketones is 1. The molecule has 1 aromatic heterocycles. The first-order chi connectivity index (χ1) is 13.8. The number of nitrogens with one attached hydrogen (secondary N) is 1. The minimum atomic E-state index is -2.57. The molecule has 1 aliphatic rings. The number of halogens is 3. The van der Waals surface area contributed by atoms with E-state index in [9.17, 15) is 18.4 Å². The van der Waals surface area contributed by atoms with Gasteiger partial charge in [0.25, 0.3) is 12.3 Å². The van der Waals surface area contributed by atoms with Gasteiger partial charge in [-0.15, -0.1) is 0 Å². The van der Waals surface area contributed by atoms with Gasteiger partial charge in [-0.1, -0.05) is 17.7 Å². The van der Waals surface area contributed by atoms with Crippen LogP contribution in [0.25, 0.3) is 0 Å². The van der Waals surface area contributed by atoms with Crippen LogP contribution >= 0.6 is 11.6 Å². The van der Waals surface area contributed by atoms with E-state index < -0.39 is 19.1 Å². The van der Waals surface area contributed by atoms with Gasteiger partial charge in [0.2, 0.25) is 0 Å². The fourth-order valence-corrected chi connectivity index (χ4v) is 3.24. The first kappa shape index (κ1) is 21.2. The van der Waals surface area contributed by atoms with E-state index in [4.69, 9.17) is 16.3 Å². The molecule has 0 saturated heterocycles. The number of alkyl halides is 2. The van der Waals surface area contributed by atoms with Gasteiger partial charge in [-0.05, 0) is 49.6 Å². The second-order valence-electron chi connectivity index (χ2n) is 7.03. The molecule has 29 heavy (non-hydrogen) atoms. The number of nitrogens with zero attached hydrogens (tertiary/aromatic N) is 1. The zero-order valence-electron chi connectivity index (χ0n) is 15.8. The summed E-state index contributed by atoms with van der Waals surface area (Å²) in [7, 11) is 0. The summed E-state index contributed by atoms with van der Waals surface area (Å²) in [4.78, 5) is 28.7. The van der Waals surface area contributed by atoms with Crippen molar-refractivity contribution >= 4 is 23.3 Å². The zero-order valence-corrected chi connectivity index (χ0v) is 16.6. The Bertz CT molecular complexity index is 903. The monoisotopic (exact) mass is 422 g/mol. The molecule has 8 heteroatoms. The predicted molar refractivity (Wildman–Crippen MR) is 105 cm³/mol. The average Bonchev–Trinajstić information content (AvgIpc) is 3.52. The van der Waals surface area contributed by atoms with E-state index in [0.717, 1.165) is 12.8 Å². The van der Waals surface area contributed by atoms with Gasteiger partial charge in [0.05, 0.1) is 6.04 Å². The van der Waals surface area contributed by atoms with Crippen molar-refractivity contribution in [3.05, 3.63) is 58.4 Å². The molecule has 1 aromatic carbocycles. The Morgan fingerprint density at radius 2 is 2.03 bits per heavy atom. The molecule has 154 valence electrons. The molecule has 1 amide bonds. The van der Waals surface area contributed by atoms with E-state index in [1.165, 1.54) is 18.3 Å². The summed E-state index contributed by atoms with van der Waals surface area (Å²) in [5, 5.41) is 3.14. The molecular formula is C21H21ClF2N2O3. The standard InChI is InChI=1S/C21H21ClF2N2O3/c1-12(17-5-4-16(10-18(17)22)29-11-20(23)24)26-21(28)14-6-7-25-15(8-14)9-19(27)13-2-3-13/h4-8,10,12-13,20H,2-3,9,11H2,1H3,(H,26,28). The third kappa shape index (κ3) is 5.97. The molecule has 1 fully saturated rings. The fourth-order valence-electron chi connectivity index (χ4n) is 2.91. The first-order valence-corrected chi connectivity index (χ1v) is 9.70. The Kier molecular flexibility index (Phi) is 6.79. The van der Waals surface area contributed by atoms with Crippen molar-refractivity contribution in [2.45, 2.75) is 38.7 Å². The van der Waals surface area contributed by atoms with Gasteiger partial charge in [0, 0.05) is 34.8 Å². The van der Waals surface area contributed by atoms with Crippen LogP contribution < -0.4 is 10.1 Å². The van der Waals surface area contributed by atoms with E-state index in [0.29, 0.717) is 21.8 Å². The van der Waals surface area contributed by atoms with Crippen molar-refractivity contribution in [1.82, 2.24) is 10.3 Å². The Hall–Kier alpha value is -2.54. The Balaban J connectivity index is 1.63. The topological polar surface area (TPSA) is 68.3 Å². The Morgan fingerprint density at radius 3 is 2.69 bits per heavy atom. The minimum absolute atomic E-state index is 0.143. The number of aromatic nitrogens is 1. The van der Waals surface area contributed by atoms with Crippen LogP contribution in [0.2, 0.25) is 5.02 Å². The zero-order chi connectivity index (χ0) is 21.0. The normalized spacial score (nSPS) is 14.5. The van der Waals surface area contributed by atoms with E-state index in [-0.39, 0.29) is 29.8 Å². The molecule has 0 aliphatic heterocycles. The highest BCUT2D eigenvalue weighted by Crippen LogP contribution is 2.31. The second-order valence-corrected chi connectivity index (χ2v) is 7.44. The summed E-state index contributed by atoms with van der Waals surface area (Å²) >= 11 is 6.22. The molecule has 5 nitrogen and oxygen atoms in total. The van der Waals surface area contributed by atoms with Crippen molar-refractivity contribution < 1.29 is 23.1 Å². The van der Waals surface area contributed by atoms with Gasteiger partial charge in [-0.25, -0.2) is 8.78 Å². The van der Waals surface area contributed by atoms with Crippen LogP contribution in [0.3, 0.4) is 0 Å². The highest BCUT2D eigenvalue weighted by Gasteiger charge is 2.29. The molecule has 0 spiro atoms. The molecule has 1 saturated carbocycles. The fraction of sp³-hybridized carbons (Fsp3) is 0.381. The number of pyridine rings is 1. The van der Waals surface area contributed by atoms with E-state index in [1.54, 1.807) is 25.1 Å². The average molecular weight is 423 g/mol. The summed E-state index contributed by atoms with van der Waals surface area (Å²) in [5.41, 5.74) is 1.60. The number of hydrogen-bond donors (Lipinski definition) is 1. The molecule has 1 aliphatic carbocycles. The highest BCUT2D eigenvalue weighted by molar-refractivity contribution is 6.31. The molecule has 1 atom stereocenters. The van der Waals surface area contributed by atoms with Crippen LogP contribution in [-0.4, -0.2) is 29.7 Å². The number of carbonyl (C=O) groups is 2. The first-order valence-electron chi connectivity index (χ1n) is 9.32.